The van der Waals surface area contributed by atoms with Crippen LogP contribution < -0.4 is 4.74 Å². The van der Waals surface area contributed by atoms with Gasteiger partial charge in [-0.2, -0.15) is 0 Å². The van der Waals surface area contributed by atoms with Crippen LogP contribution in [0.5, 0.6) is 5.75 Å². The van der Waals surface area contributed by atoms with E-state index in [-0.39, 0.29) is 24.6 Å². The highest BCUT2D eigenvalue weighted by atomic mass is 79.9. The largest absolute Gasteiger partial charge is 0.483 e. The molecular weight excluding hydrogens is 318 g/mol. The average molecular weight is 342 g/mol. The summed E-state index contributed by atoms with van der Waals surface area (Å²) in [6.07, 6.45) is 0. The maximum Gasteiger partial charge on any atom is 0.260 e. The molecule has 112 valence electrons. The van der Waals surface area contributed by atoms with Gasteiger partial charge in [0.2, 0.25) is 0 Å². The maximum atomic E-state index is 12.3. The molecule has 0 heterocycles. The Morgan fingerprint density at radius 2 is 1.70 bits per heavy atom. The van der Waals surface area contributed by atoms with Gasteiger partial charge >= 0.3 is 0 Å². The molecule has 1 amide bonds. The number of carbonyl (C=O) groups excluding carboxylic acids is 1. The summed E-state index contributed by atoms with van der Waals surface area (Å²) in [5.41, 5.74) is 2.12. The van der Waals surface area contributed by atoms with Gasteiger partial charge < -0.3 is 9.64 Å². The third-order valence-corrected chi connectivity index (χ3v) is 4.06. The molecule has 4 heteroatoms. The summed E-state index contributed by atoms with van der Waals surface area (Å²) in [5, 5.41) is 0. The number of aryl methyl sites for hydroxylation is 2. The lowest BCUT2D eigenvalue weighted by Gasteiger charge is -2.30. The molecule has 1 aromatic carbocycles. The zero-order valence-electron chi connectivity index (χ0n) is 13.2. The van der Waals surface area contributed by atoms with Crippen LogP contribution in [0.4, 0.5) is 0 Å². The fourth-order valence-corrected chi connectivity index (χ4v) is 2.75. The Kier molecular flexibility index (Phi) is 6.06. The minimum absolute atomic E-state index is 0.0231. The van der Waals surface area contributed by atoms with Crippen molar-refractivity contribution in [3.05, 3.63) is 27.7 Å². The number of benzene rings is 1. The second-order valence-corrected chi connectivity index (χ2v) is 6.50. The van der Waals surface area contributed by atoms with Crippen molar-refractivity contribution in [2.45, 2.75) is 53.6 Å². The fraction of sp³-hybridized carbons (Fsp3) is 0.562. The van der Waals surface area contributed by atoms with E-state index < -0.39 is 0 Å². The van der Waals surface area contributed by atoms with E-state index in [9.17, 15) is 4.79 Å². The van der Waals surface area contributed by atoms with E-state index in [1.807, 2.05) is 58.6 Å². The molecule has 0 fully saturated rings. The molecule has 0 spiro atoms. The first-order valence-electron chi connectivity index (χ1n) is 6.94. The highest BCUT2D eigenvalue weighted by Crippen LogP contribution is 2.26. The molecule has 0 saturated heterocycles. The van der Waals surface area contributed by atoms with Gasteiger partial charge in [0.1, 0.15) is 5.75 Å². The van der Waals surface area contributed by atoms with Crippen molar-refractivity contribution in [3.8, 4) is 5.75 Å². The molecule has 0 radical (unpaired) electrons. The summed E-state index contributed by atoms with van der Waals surface area (Å²) in [6.45, 7) is 12.2. The van der Waals surface area contributed by atoms with Crippen molar-refractivity contribution in [1.29, 1.82) is 0 Å². The third-order valence-electron chi connectivity index (χ3n) is 3.21. The first kappa shape index (κ1) is 17.0. The van der Waals surface area contributed by atoms with Crippen molar-refractivity contribution in [1.82, 2.24) is 4.90 Å². The van der Waals surface area contributed by atoms with Crippen LogP contribution in [-0.2, 0) is 4.79 Å². The Morgan fingerprint density at radius 3 is 2.20 bits per heavy atom. The molecule has 0 aromatic heterocycles. The van der Waals surface area contributed by atoms with Crippen LogP contribution in [-0.4, -0.2) is 29.5 Å². The van der Waals surface area contributed by atoms with E-state index in [0.29, 0.717) is 0 Å². The molecule has 0 N–H and O–H groups in total. The molecule has 20 heavy (non-hydrogen) atoms. The van der Waals surface area contributed by atoms with Crippen LogP contribution in [0.1, 0.15) is 38.8 Å². The van der Waals surface area contributed by atoms with Gasteiger partial charge in [-0.05, 0) is 64.8 Å². The number of halogens is 1. The Hall–Kier alpha value is -1.03. The van der Waals surface area contributed by atoms with Crippen LogP contribution in [0.3, 0.4) is 0 Å². The first-order valence-corrected chi connectivity index (χ1v) is 7.74. The van der Waals surface area contributed by atoms with Crippen LogP contribution in [0.25, 0.3) is 0 Å². The molecule has 0 saturated carbocycles. The number of ether oxygens (including phenoxy) is 1. The smallest absolute Gasteiger partial charge is 0.260 e. The van der Waals surface area contributed by atoms with Gasteiger partial charge in [-0.1, -0.05) is 15.9 Å². The van der Waals surface area contributed by atoms with Crippen LogP contribution in [0, 0.1) is 13.8 Å². The minimum Gasteiger partial charge on any atom is -0.483 e. The third kappa shape index (κ3) is 4.23. The molecule has 3 nitrogen and oxygen atoms in total. The average Bonchev–Trinajstić information content (AvgIpc) is 2.31. The van der Waals surface area contributed by atoms with E-state index in [4.69, 9.17) is 4.74 Å². The Morgan fingerprint density at radius 1 is 1.15 bits per heavy atom. The van der Waals surface area contributed by atoms with Crippen LogP contribution >= 0.6 is 15.9 Å². The lowest BCUT2D eigenvalue weighted by atomic mass is 10.1. The van der Waals surface area contributed by atoms with E-state index in [0.717, 1.165) is 21.3 Å². The van der Waals surface area contributed by atoms with Gasteiger partial charge in [-0.3, -0.25) is 4.79 Å². The molecule has 0 aliphatic heterocycles. The summed E-state index contributed by atoms with van der Waals surface area (Å²) in [7, 11) is 0. The van der Waals surface area contributed by atoms with Gasteiger partial charge in [-0.25, -0.2) is 0 Å². The molecular formula is C16H24BrNO2. The standard InChI is InChI=1S/C16H24BrNO2/c1-10(2)18(11(3)4)16(19)9-20-15-8-12(5)14(17)7-13(15)6/h7-8,10-11H,9H2,1-6H3. The van der Waals surface area contributed by atoms with E-state index >= 15 is 0 Å². The second kappa shape index (κ2) is 7.11. The Balaban J connectivity index is 2.76. The first-order chi connectivity index (χ1) is 9.23. The summed E-state index contributed by atoms with van der Waals surface area (Å²) in [6, 6.07) is 4.33. The quantitative estimate of drug-likeness (QED) is 0.807. The SMILES string of the molecule is Cc1cc(OCC(=O)N(C(C)C)C(C)C)c(C)cc1Br. The molecule has 0 unspecified atom stereocenters. The molecule has 0 atom stereocenters. The Labute approximate surface area is 130 Å². The van der Waals surface area contributed by atoms with Crippen LogP contribution in [0.15, 0.2) is 16.6 Å². The summed E-state index contributed by atoms with van der Waals surface area (Å²) < 4.78 is 6.76. The maximum absolute atomic E-state index is 12.3. The van der Waals surface area contributed by atoms with E-state index in [2.05, 4.69) is 15.9 Å². The van der Waals surface area contributed by atoms with Crippen molar-refractivity contribution in [2.75, 3.05) is 6.61 Å². The minimum atomic E-state index is 0.0231. The van der Waals surface area contributed by atoms with Crippen molar-refractivity contribution < 1.29 is 9.53 Å². The van der Waals surface area contributed by atoms with Crippen LogP contribution in [0.2, 0.25) is 0 Å². The fourth-order valence-electron chi connectivity index (χ4n) is 2.30. The number of amides is 1. The van der Waals surface area contributed by atoms with Gasteiger partial charge in [0, 0.05) is 16.6 Å². The van der Waals surface area contributed by atoms with Gasteiger partial charge in [0.15, 0.2) is 6.61 Å². The molecule has 1 aromatic rings. The zero-order chi connectivity index (χ0) is 15.4. The number of hydrogen-bond donors (Lipinski definition) is 0. The molecule has 0 aliphatic carbocycles. The molecule has 0 aliphatic rings. The number of rotatable bonds is 5. The normalized spacial score (nSPS) is 11.1. The highest BCUT2D eigenvalue weighted by molar-refractivity contribution is 9.10. The van der Waals surface area contributed by atoms with Gasteiger partial charge in [-0.15, -0.1) is 0 Å². The van der Waals surface area contributed by atoms with Crippen molar-refractivity contribution in [3.63, 3.8) is 0 Å². The van der Waals surface area contributed by atoms with E-state index in [1.165, 1.54) is 0 Å². The Bertz CT molecular complexity index is 476. The van der Waals surface area contributed by atoms with Crippen molar-refractivity contribution in [2.24, 2.45) is 0 Å². The molecule has 0 bridgehead atoms. The summed E-state index contributed by atoms with van der Waals surface area (Å²) in [5.74, 6) is 0.793. The monoisotopic (exact) mass is 341 g/mol. The molecule has 1 rings (SSSR count). The lowest BCUT2D eigenvalue weighted by molar-refractivity contribution is -0.137. The summed E-state index contributed by atoms with van der Waals surface area (Å²) >= 11 is 3.49. The van der Waals surface area contributed by atoms with E-state index in [1.54, 1.807) is 0 Å². The second-order valence-electron chi connectivity index (χ2n) is 5.64. The number of nitrogens with zero attached hydrogens (tertiary/aromatic N) is 1. The lowest BCUT2D eigenvalue weighted by Crippen LogP contribution is -2.44. The van der Waals surface area contributed by atoms with Crippen molar-refractivity contribution >= 4 is 21.8 Å². The highest BCUT2D eigenvalue weighted by Gasteiger charge is 2.20. The predicted octanol–water partition coefficient (Wildman–Crippen LogP) is 4.09. The number of carbonyl (C=O) groups is 1. The topological polar surface area (TPSA) is 29.5 Å². The predicted molar refractivity (Wildman–Crippen MR) is 86.2 cm³/mol. The van der Waals surface area contributed by atoms with Gasteiger partial charge in [0.05, 0.1) is 0 Å². The zero-order valence-corrected chi connectivity index (χ0v) is 14.7. The summed E-state index contributed by atoms with van der Waals surface area (Å²) in [4.78, 5) is 14.1. The van der Waals surface area contributed by atoms with Gasteiger partial charge in [0.25, 0.3) is 5.91 Å². The number of hydrogen-bond acceptors (Lipinski definition) is 2.